The Morgan fingerprint density at radius 2 is 2.28 bits per heavy atom. The van der Waals surface area contributed by atoms with E-state index in [0.29, 0.717) is 12.5 Å². The number of hydrogen-bond donors (Lipinski definition) is 1. The highest BCUT2D eigenvalue weighted by atomic mass is 32.1. The van der Waals surface area contributed by atoms with Crippen molar-refractivity contribution >= 4 is 21.6 Å². The van der Waals surface area contributed by atoms with Crippen molar-refractivity contribution in [3.05, 3.63) is 29.3 Å². The number of hydrogen-bond acceptors (Lipinski definition) is 4. The van der Waals surface area contributed by atoms with Crippen LogP contribution >= 0.6 is 11.3 Å². The molecule has 1 N–H and O–H groups in total. The zero-order chi connectivity index (χ0) is 12.4. The predicted molar refractivity (Wildman–Crippen MR) is 74.7 cm³/mol. The molecule has 0 saturated carbocycles. The lowest BCUT2D eigenvalue weighted by Gasteiger charge is -2.13. The molecule has 3 nitrogen and oxygen atoms in total. The molecule has 2 heterocycles. The van der Waals surface area contributed by atoms with Crippen LogP contribution in [0.15, 0.2) is 24.3 Å². The third-order valence-corrected chi connectivity index (χ3v) is 4.63. The van der Waals surface area contributed by atoms with E-state index in [9.17, 15) is 0 Å². The Bertz CT molecular complexity index is 492. The lowest BCUT2D eigenvalue weighted by atomic mass is 10.1. The fraction of sp³-hybridized carbons (Fsp3) is 0.500. The minimum absolute atomic E-state index is 0.319. The molecule has 2 aromatic rings. The molecule has 0 bridgehead atoms. The Labute approximate surface area is 111 Å². The van der Waals surface area contributed by atoms with E-state index >= 15 is 0 Å². The standard InChI is InChI=1S/C14H18N2OS/c17-8-6-11-5-7-16(9-11)10-14-15-12-3-1-2-4-13(12)18-14/h1-4,11,17H,5-10H2. The normalized spacial score (nSPS) is 20.8. The van der Waals surface area contributed by atoms with Crippen LogP contribution in [-0.4, -0.2) is 34.7 Å². The maximum Gasteiger partial charge on any atom is 0.108 e. The predicted octanol–water partition coefficient (Wildman–Crippen LogP) is 2.50. The zero-order valence-electron chi connectivity index (χ0n) is 10.4. The van der Waals surface area contributed by atoms with E-state index < -0.39 is 0 Å². The fourth-order valence-electron chi connectivity index (χ4n) is 2.65. The minimum atomic E-state index is 0.319. The van der Waals surface area contributed by atoms with E-state index in [-0.39, 0.29) is 0 Å². The highest BCUT2D eigenvalue weighted by molar-refractivity contribution is 7.18. The summed E-state index contributed by atoms with van der Waals surface area (Å²) < 4.78 is 1.28. The largest absolute Gasteiger partial charge is 0.396 e. The molecular weight excluding hydrogens is 244 g/mol. The van der Waals surface area contributed by atoms with Crippen molar-refractivity contribution in [1.29, 1.82) is 0 Å². The van der Waals surface area contributed by atoms with Gasteiger partial charge >= 0.3 is 0 Å². The summed E-state index contributed by atoms with van der Waals surface area (Å²) in [6.07, 6.45) is 2.15. The van der Waals surface area contributed by atoms with E-state index in [0.717, 1.165) is 31.6 Å². The van der Waals surface area contributed by atoms with Crippen LogP contribution in [0.1, 0.15) is 17.8 Å². The van der Waals surface area contributed by atoms with E-state index in [1.165, 1.54) is 16.1 Å². The average molecular weight is 262 g/mol. The first-order valence-electron chi connectivity index (χ1n) is 6.53. The van der Waals surface area contributed by atoms with E-state index in [1.807, 2.05) is 6.07 Å². The molecule has 3 rings (SSSR count). The van der Waals surface area contributed by atoms with Gasteiger partial charge in [0.05, 0.1) is 16.8 Å². The summed E-state index contributed by atoms with van der Waals surface area (Å²) >= 11 is 1.80. The number of benzene rings is 1. The number of likely N-dealkylation sites (tertiary alicyclic amines) is 1. The number of nitrogens with zero attached hydrogens (tertiary/aromatic N) is 2. The highest BCUT2D eigenvalue weighted by Crippen LogP contribution is 2.25. The first kappa shape index (κ1) is 12.1. The summed E-state index contributed by atoms with van der Waals surface area (Å²) in [5, 5.41) is 10.2. The minimum Gasteiger partial charge on any atom is -0.396 e. The quantitative estimate of drug-likeness (QED) is 0.919. The van der Waals surface area contributed by atoms with Crippen LogP contribution in [0, 0.1) is 5.92 Å². The van der Waals surface area contributed by atoms with Crippen molar-refractivity contribution in [2.45, 2.75) is 19.4 Å². The number of aliphatic hydroxyl groups excluding tert-OH is 1. The molecule has 0 aliphatic carbocycles. The van der Waals surface area contributed by atoms with Gasteiger partial charge in [-0.25, -0.2) is 4.98 Å². The van der Waals surface area contributed by atoms with Gasteiger partial charge in [0.1, 0.15) is 5.01 Å². The first-order chi connectivity index (χ1) is 8.85. The van der Waals surface area contributed by atoms with Crippen LogP contribution in [0.4, 0.5) is 0 Å². The van der Waals surface area contributed by atoms with Crippen molar-refractivity contribution in [3.63, 3.8) is 0 Å². The molecule has 4 heteroatoms. The number of aliphatic hydroxyl groups is 1. The van der Waals surface area contributed by atoms with Gasteiger partial charge in [-0.3, -0.25) is 4.90 Å². The molecule has 18 heavy (non-hydrogen) atoms. The summed E-state index contributed by atoms with van der Waals surface area (Å²) in [5.41, 5.74) is 1.11. The number of aromatic nitrogens is 1. The maximum atomic E-state index is 8.97. The molecule has 1 aromatic carbocycles. The van der Waals surface area contributed by atoms with Gasteiger partial charge < -0.3 is 5.11 Å². The van der Waals surface area contributed by atoms with Crippen molar-refractivity contribution < 1.29 is 5.11 Å². The topological polar surface area (TPSA) is 36.4 Å². The second-order valence-corrected chi connectivity index (χ2v) is 6.09. The Hall–Kier alpha value is -0.970. The van der Waals surface area contributed by atoms with Crippen LogP contribution in [0.2, 0.25) is 0 Å². The van der Waals surface area contributed by atoms with Crippen molar-refractivity contribution in [2.75, 3.05) is 19.7 Å². The Kier molecular flexibility index (Phi) is 3.59. The molecule has 1 aliphatic heterocycles. The lowest BCUT2D eigenvalue weighted by Crippen LogP contribution is -2.20. The van der Waals surface area contributed by atoms with Gasteiger partial charge in [0.2, 0.25) is 0 Å². The van der Waals surface area contributed by atoms with Crippen LogP contribution in [0.25, 0.3) is 10.2 Å². The van der Waals surface area contributed by atoms with Gasteiger partial charge in [0, 0.05) is 13.2 Å². The fourth-order valence-corrected chi connectivity index (χ4v) is 3.66. The molecule has 1 aromatic heterocycles. The molecule has 96 valence electrons. The van der Waals surface area contributed by atoms with Crippen molar-refractivity contribution in [2.24, 2.45) is 5.92 Å². The highest BCUT2D eigenvalue weighted by Gasteiger charge is 2.22. The summed E-state index contributed by atoms with van der Waals surface area (Å²) in [6, 6.07) is 8.32. The van der Waals surface area contributed by atoms with E-state index in [1.54, 1.807) is 11.3 Å². The molecular formula is C14H18N2OS. The molecule has 1 atom stereocenters. The van der Waals surface area contributed by atoms with Crippen molar-refractivity contribution in [3.8, 4) is 0 Å². The second kappa shape index (κ2) is 5.34. The van der Waals surface area contributed by atoms with Crippen LogP contribution in [0.3, 0.4) is 0 Å². The Morgan fingerprint density at radius 1 is 1.39 bits per heavy atom. The third-order valence-electron chi connectivity index (χ3n) is 3.60. The van der Waals surface area contributed by atoms with Crippen LogP contribution in [-0.2, 0) is 6.54 Å². The molecule has 1 saturated heterocycles. The van der Waals surface area contributed by atoms with Gasteiger partial charge in [-0.15, -0.1) is 11.3 Å². The van der Waals surface area contributed by atoms with Crippen LogP contribution in [0.5, 0.6) is 0 Å². The van der Waals surface area contributed by atoms with Gasteiger partial charge in [-0.2, -0.15) is 0 Å². The SMILES string of the molecule is OCCC1CCN(Cc2nc3ccccc3s2)C1. The number of rotatable bonds is 4. The first-order valence-corrected chi connectivity index (χ1v) is 7.34. The average Bonchev–Trinajstić information content (AvgIpc) is 2.96. The molecule has 1 unspecified atom stereocenters. The van der Waals surface area contributed by atoms with Gasteiger partial charge in [-0.1, -0.05) is 12.1 Å². The van der Waals surface area contributed by atoms with Gasteiger partial charge in [0.15, 0.2) is 0 Å². The van der Waals surface area contributed by atoms with Gasteiger partial charge in [-0.05, 0) is 37.4 Å². The van der Waals surface area contributed by atoms with E-state index in [4.69, 9.17) is 5.11 Å². The zero-order valence-corrected chi connectivity index (χ0v) is 11.2. The smallest absolute Gasteiger partial charge is 0.108 e. The van der Waals surface area contributed by atoms with Gasteiger partial charge in [0.25, 0.3) is 0 Å². The number of thiazole rings is 1. The summed E-state index contributed by atoms with van der Waals surface area (Å²) in [4.78, 5) is 7.13. The number of fused-ring (bicyclic) bond motifs is 1. The van der Waals surface area contributed by atoms with Crippen LogP contribution < -0.4 is 0 Å². The lowest BCUT2D eigenvalue weighted by molar-refractivity contribution is 0.249. The van der Waals surface area contributed by atoms with E-state index in [2.05, 4.69) is 28.1 Å². The Balaban J connectivity index is 1.66. The summed E-state index contributed by atoms with van der Waals surface area (Å²) in [7, 11) is 0. The molecule has 0 spiro atoms. The monoisotopic (exact) mass is 262 g/mol. The second-order valence-electron chi connectivity index (χ2n) is 4.98. The summed E-state index contributed by atoms with van der Waals surface area (Å²) in [6.45, 7) is 3.53. The maximum absolute atomic E-state index is 8.97. The molecule has 0 radical (unpaired) electrons. The van der Waals surface area contributed by atoms with Crippen molar-refractivity contribution in [1.82, 2.24) is 9.88 Å². The molecule has 1 aliphatic rings. The third kappa shape index (κ3) is 2.55. The Morgan fingerprint density at radius 3 is 3.11 bits per heavy atom. The molecule has 1 fully saturated rings. The summed E-state index contributed by atoms with van der Waals surface area (Å²) in [5.74, 6) is 0.671. The molecule has 0 amide bonds. The number of para-hydroxylation sites is 1.